The van der Waals surface area contributed by atoms with E-state index in [1.54, 1.807) is 10.7 Å². The number of nitrogens with zero attached hydrogens (tertiary/aromatic N) is 4. The summed E-state index contributed by atoms with van der Waals surface area (Å²) >= 11 is 1.49. The molecule has 0 unspecified atom stereocenters. The van der Waals surface area contributed by atoms with E-state index in [0.717, 1.165) is 27.4 Å². The van der Waals surface area contributed by atoms with Crippen molar-refractivity contribution in [1.29, 1.82) is 0 Å². The van der Waals surface area contributed by atoms with Gasteiger partial charge in [-0.05, 0) is 69.9 Å². The Bertz CT molecular complexity index is 1460. The summed E-state index contributed by atoms with van der Waals surface area (Å²) in [7, 11) is 0. The molecule has 0 aliphatic rings. The molecule has 30 heavy (non-hydrogen) atoms. The monoisotopic (exact) mass is 414 g/mol. The molecule has 0 bridgehead atoms. The third-order valence-electron chi connectivity index (χ3n) is 5.25. The minimum Gasteiger partial charge on any atom is -0.423 e. The molecule has 148 valence electrons. The Morgan fingerprint density at radius 2 is 1.87 bits per heavy atom. The van der Waals surface area contributed by atoms with Gasteiger partial charge in [-0.1, -0.05) is 48.2 Å². The van der Waals surface area contributed by atoms with Crippen LogP contribution in [0, 0.1) is 13.8 Å². The van der Waals surface area contributed by atoms with Crippen molar-refractivity contribution in [2.75, 3.05) is 0 Å². The van der Waals surface area contributed by atoms with Crippen molar-refractivity contribution in [2.24, 2.45) is 0 Å². The third kappa shape index (κ3) is 3.27. The summed E-state index contributed by atoms with van der Waals surface area (Å²) in [4.78, 5) is 12.1. The summed E-state index contributed by atoms with van der Waals surface area (Å²) in [6.07, 6.45) is 0. The molecular formula is C23H18N4O2S. The van der Waals surface area contributed by atoms with Gasteiger partial charge in [-0.25, -0.2) is 4.79 Å². The molecule has 0 aliphatic carbocycles. The zero-order valence-corrected chi connectivity index (χ0v) is 17.3. The van der Waals surface area contributed by atoms with Crippen LogP contribution in [0.2, 0.25) is 0 Å². The number of hydrogen-bond donors (Lipinski definition) is 0. The Morgan fingerprint density at radius 1 is 1.00 bits per heavy atom. The second kappa shape index (κ2) is 7.42. The SMILES string of the molecule is Cc1ccc(-n2nnnc2SCc2cc(=O)oc3ccc4ccccc4c23)cc1C. The highest BCUT2D eigenvalue weighted by atomic mass is 32.2. The van der Waals surface area contributed by atoms with Gasteiger partial charge >= 0.3 is 5.63 Å². The summed E-state index contributed by atoms with van der Waals surface area (Å²) in [6.45, 7) is 4.14. The average Bonchev–Trinajstić information content (AvgIpc) is 3.22. The maximum atomic E-state index is 12.1. The van der Waals surface area contributed by atoms with Crippen molar-refractivity contribution in [3.8, 4) is 5.69 Å². The zero-order chi connectivity index (χ0) is 20.7. The lowest BCUT2D eigenvalue weighted by Gasteiger charge is -2.09. The maximum Gasteiger partial charge on any atom is 0.336 e. The third-order valence-corrected chi connectivity index (χ3v) is 6.22. The van der Waals surface area contributed by atoms with E-state index >= 15 is 0 Å². The molecule has 0 atom stereocenters. The Morgan fingerprint density at radius 3 is 2.73 bits per heavy atom. The van der Waals surface area contributed by atoms with E-state index in [9.17, 15) is 4.79 Å². The molecule has 0 fully saturated rings. The average molecular weight is 414 g/mol. The van der Waals surface area contributed by atoms with Gasteiger partial charge in [0.05, 0.1) is 5.69 Å². The molecule has 0 N–H and O–H groups in total. The van der Waals surface area contributed by atoms with Gasteiger partial charge < -0.3 is 4.42 Å². The molecular weight excluding hydrogens is 396 g/mol. The van der Waals surface area contributed by atoms with Crippen LogP contribution in [0.15, 0.2) is 75.0 Å². The number of rotatable bonds is 4. The standard InChI is InChI=1S/C23H18N4O2S/c1-14-7-9-18(11-15(14)2)27-23(24-25-26-27)30-13-17-12-21(28)29-20-10-8-16-5-3-4-6-19(16)22(17)20/h3-12H,13H2,1-2H3. The van der Waals surface area contributed by atoms with Gasteiger partial charge in [-0.15, -0.1) is 5.10 Å². The van der Waals surface area contributed by atoms with Gasteiger partial charge in [0, 0.05) is 17.2 Å². The highest BCUT2D eigenvalue weighted by molar-refractivity contribution is 7.98. The van der Waals surface area contributed by atoms with Crippen LogP contribution >= 0.6 is 11.8 Å². The normalized spacial score (nSPS) is 11.4. The quantitative estimate of drug-likeness (QED) is 0.238. The largest absolute Gasteiger partial charge is 0.423 e. The predicted octanol–water partition coefficient (Wildman–Crippen LogP) is 4.83. The van der Waals surface area contributed by atoms with Gasteiger partial charge in [-0.3, -0.25) is 0 Å². The lowest BCUT2D eigenvalue weighted by atomic mass is 10.0. The van der Waals surface area contributed by atoms with Crippen molar-refractivity contribution >= 4 is 33.5 Å². The van der Waals surface area contributed by atoms with Crippen LogP contribution in [0.4, 0.5) is 0 Å². The van der Waals surface area contributed by atoms with Gasteiger partial charge in [0.15, 0.2) is 0 Å². The van der Waals surface area contributed by atoms with Crippen LogP contribution in [-0.2, 0) is 5.75 Å². The summed E-state index contributed by atoms with van der Waals surface area (Å²) < 4.78 is 7.18. The highest BCUT2D eigenvalue weighted by Crippen LogP contribution is 2.31. The summed E-state index contributed by atoms with van der Waals surface area (Å²) in [5.74, 6) is 0.543. The number of aromatic nitrogens is 4. The van der Waals surface area contributed by atoms with E-state index in [1.807, 2.05) is 36.4 Å². The molecule has 0 saturated carbocycles. The Labute approximate surface area is 176 Å². The lowest BCUT2D eigenvalue weighted by molar-refractivity contribution is 0.560. The van der Waals surface area contributed by atoms with Crippen molar-refractivity contribution in [2.45, 2.75) is 24.8 Å². The van der Waals surface area contributed by atoms with Crippen LogP contribution in [0.5, 0.6) is 0 Å². The van der Waals surface area contributed by atoms with E-state index in [0.29, 0.717) is 16.5 Å². The molecule has 2 heterocycles. The molecule has 0 amide bonds. The van der Waals surface area contributed by atoms with E-state index in [4.69, 9.17) is 4.42 Å². The molecule has 0 aliphatic heterocycles. The number of thioether (sulfide) groups is 1. The first-order valence-electron chi connectivity index (χ1n) is 9.53. The van der Waals surface area contributed by atoms with Gasteiger partial charge in [0.1, 0.15) is 5.58 Å². The van der Waals surface area contributed by atoms with Gasteiger partial charge in [0.2, 0.25) is 5.16 Å². The number of fused-ring (bicyclic) bond motifs is 3. The summed E-state index contributed by atoms with van der Waals surface area (Å²) in [5, 5.41) is 16.0. The van der Waals surface area contributed by atoms with E-state index in [2.05, 4.69) is 47.6 Å². The maximum absolute atomic E-state index is 12.1. The lowest BCUT2D eigenvalue weighted by Crippen LogP contribution is -2.02. The Balaban J connectivity index is 1.55. The second-order valence-corrected chi connectivity index (χ2v) is 8.12. The van der Waals surface area contributed by atoms with Crippen molar-refractivity contribution in [1.82, 2.24) is 20.2 Å². The van der Waals surface area contributed by atoms with Crippen LogP contribution in [0.1, 0.15) is 16.7 Å². The van der Waals surface area contributed by atoms with E-state index in [1.165, 1.54) is 22.9 Å². The smallest absolute Gasteiger partial charge is 0.336 e. The van der Waals surface area contributed by atoms with Crippen LogP contribution in [0.3, 0.4) is 0 Å². The predicted molar refractivity (Wildman–Crippen MR) is 118 cm³/mol. The molecule has 0 saturated heterocycles. The number of tetrazole rings is 1. The topological polar surface area (TPSA) is 73.8 Å². The van der Waals surface area contributed by atoms with Crippen molar-refractivity contribution in [3.63, 3.8) is 0 Å². The first-order chi connectivity index (χ1) is 14.6. The van der Waals surface area contributed by atoms with Crippen LogP contribution < -0.4 is 5.63 Å². The van der Waals surface area contributed by atoms with Crippen molar-refractivity contribution < 1.29 is 4.42 Å². The summed E-state index contributed by atoms with van der Waals surface area (Å²) in [5.41, 5.74) is 4.44. The van der Waals surface area contributed by atoms with Gasteiger partial charge in [0.25, 0.3) is 0 Å². The molecule has 2 aromatic heterocycles. The zero-order valence-electron chi connectivity index (χ0n) is 16.5. The highest BCUT2D eigenvalue weighted by Gasteiger charge is 2.14. The fraction of sp³-hybridized carbons (Fsp3) is 0.130. The first-order valence-corrected chi connectivity index (χ1v) is 10.5. The summed E-state index contributed by atoms with van der Waals surface area (Å²) in [6, 6.07) is 19.6. The van der Waals surface area contributed by atoms with Gasteiger partial charge in [-0.2, -0.15) is 4.68 Å². The fourth-order valence-corrected chi connectivity index (χ4v) is 4.44. The minimum absolute atomic E-state index is 0.359. The van der Waals surface area contributed by atoms with E-state index in [-0.39, 0.29) is 5.63 Å². The minimum atomic E-state index is -0.359. The van der Waals surface area contributed by atoms with E-state index < -0.39 is 0 Å². The second-order valence-electron chi connectivity index (χ2n) is 7.18. The molecule has 7 heteroatoms. The molecule has 0 radical (unpaired) electrons. The number of aryl methyl sites for hydroxylation is 2. The van der Waals surface area contributed by atoms with Crippen molar-refractivity contribution in [3.05, 3.63) is 87.8 Å². The first kappa shape index (κ1) is 18.6. The van der Waals surface area contributed by atoms with Crippen LogP contribution in [-0.4, -0.2) is 20.2 Å². The van der Waals surface area contributed by atoms with Crippen LogP contribution in [0.25, 0.3) is 27.4 Å². The molecule has 3 aromatic carbocycles. The fourth-order valence-electron chi connectivity index (χ4n) is 3.56. The molecule has 5 rings (SSSR count). The Hall–Kier alpha value is -3.45. The molecule has 0 spiro atoms. The molecule has 6 nitrogen and oxygen atoms in total. The Kier molecular flexibility index (Phi) is 4.59. The number of benzene rings is 3. The number of hydrogen-bond acceptors (Lipinski definition) is 6. The molecule has 5 aromatic rings.